The van der Waals surface area contributed by atoms with E-state index >= 15 is 0 Å². The Hall–Kier alpha value is -3.31. The highest BCUT2D eigenvalue weighted by atomic mass is 19.1. The molecule has 0 unspecified atom stereocenters. The van der Waals surface area contributed by atoms with Gasteiger partial charge in [0.1, 0.15) is 17.2 Å². The second-order valence-corrected chi connectivity index (χ2v) is 7.21. The molecule has 1 heterocycles. The summed E-state index contributed by atoms with van der Waals surface area (Å²) in [6, 6.07) is 2.93. The van der Waals surface area contributed by atoms with E-state index < -0.39 is 35.2 Å². The number of ether oxygens (including phenoxy) is 4. The third-order valence-electron chi connectivity index (χ3n) is 4.93. The Morgan fingerprint density at radius 3 is 2.44 bits per heavy atom. The first-order valence-corrected chi connectivity index (χ1v) is 10.5. The number of nitrogens with zero attached hydrogens (tertiary/aromatic N) is 1. The van der Waals surface area contributed by atoms with Gasteiger partial charge in [-0.2, -0.15) is 0 Å². The highest BCUT2D eigenvalue weighted by Crippen LogP contribution is 2.19. The van der Waals surface area contributed by atoms with Crippen LogP contribution in [-0.2, 0) is 27.3 Å². The van der Waals surface area contributed by atoms with E-state index in [4.69, 9.17) is 18.9 Å². The van der Waals surface area contributed by atoms with Gasteiger partial charge in [0.15, 0.2) is 17.7 Å². The van der Waals surface area contributed by atoms with Crippen LogP contribution in [0.25, 0.3) is 0 Å². The van der Waals surface area contributed by atoms with Crippen molar-refractivity contribution < 1.29 is 37.3 Å². The Morgan fingerprint density at radius 2 is 1.85 bits per heavy atom. The Morgan fingerprint density at radius 1 is 1.15 bits per heavy atom. The standard InChI is InChI=1S/C23H28F2N2O7/c1-5-6-9-34-21-19(23(30)33-4)27(13-18(31-2)32-3)12-16(20(21)28)22(29)26-11-14-7-8-15(24)10-17(14)25/h7-8,10,12,18H,5-6,9,11,13H2,1-4H3,(H,26,29). The molecule has 0 radical (unpaired) electrons. The minimum Gasteiger partial charge on any atom is -0.487 e. The van der Waals surface area contributed by atoms with E-state index in [1.165, 1.54) is 24.9 Å². The van der Waals surface area contributed by atoms with Crippen molar-refractivity contribution in [1.29, 1.82) is 0 Å². The molecular weight excluding hydrogens is 454 g/mol. The second kappa shape index (κ2) is 12.8. The number of hydrogen-bond acceptors (Lipinski definition) is 7. The second-order valence-electron chi connectivity index (χ2n) is 7.21. The normalized spacial score (nSPS) is 10.9. The summed E-state index contributed by atoms with van der Waals surface area (Å²) in [5.41, 5.74) is -1.37. The van der Waals surface area contributed by atoms with Gasteiger partial charge in [-0.15, -0.1) is 0 Å². The summed E-state index contributed by atoms with van der Waals surface area (Å²) in [6.07, 6.45) is 1.70. The SMILES string of the molecule is CCCCOc1c(C(=O)OC)n(CC(OC)OC)cc(C(=O)NCc2ccc(F)cc2F)c1=O. The Labute approximate surface area is 195 Å². The quantitative estimate of drug-likeness (QED) is 0.282. The molecule has 0 aliphatic heterocycles. The topological polar surface area (TPSA) is 105 Å². The van der Waals surface area contributed by atoms with Crippen molar-refractivity contribution in [3.63, 3.8) is 0 Å². The molecule has 0 atom stereocenters. The Balaban J connectivity index is 2.51. The summed E-state index contributed by atoms with van der Waals surface area (Å²) in [5.74, 6) is -3.65. The van der Waals surface area contributed by atoms with Gasteiger partial charge < -0.3 is 28.8 Å². The van der Waals surface area contributed by atoms with Crippen molar-refractivity contribution in [3.8, 4) is 5.75 Å². The molecular formula is C23H28F2N2O7. The van der Waals surface area contributed by atoms with Crippen LogP contribution in [0.1, 0.15) is 46.2 Å². The number of rotatable bonds is 12. The van der Waals surface area contributed by atoms with Crippen LogP contribution in [0.2, 0.25) is 0 Å². The first kappa shape index (κ1) is 26.9. The molecule has 9 nitrogen and oxygen atoms in total. The van der Waals surface area contributed by atoms with Crippen molar-refractivity contribution in [1.82, 2.24) is 9.88 Å². The number of carbonyl (C=O) groups is 2. The van der Waals surface area contributed by atoms with Gasteiger partial charge in [0, 0.05) is 38.6 Å². The molecule has 0 aliphatic carbocycles. The molecule has 0 fully saturated rings. The summed E-state index contributed by atoms with van der Waals surface area (Å²) in [4.78, 5) is 38.6. The number of unbranched alkanes of at least 4 members (excludes halogenated alkanes) is 1. The van der Waals surface area contributed by atoms with Crippen LogP contribution >= 0.6 is 0 Å². The third kappa shape index (κ3) is 6.61. The third-order valence-corrected chi connectivity index (χ3v) is 4.93. The number of aromatic nitrogens is 1. The summed E-state index contributed by atoms with van der Waals surface area (Å²) < 4.78 is 49.1. The maximum atomic E-state index is 13.9. The molecule has 0 aliphatic rings. The molecule has 11 heteroatoms. The summed E-state index contributed by atoms with van der Waals surface area (Å²) >= 11 is 0. The Kier molecular flexibility index (Phi) is 10.1. The zero-order chi connectivity index (χ0) is 25.3. The molecule has 0 spiro atoms. The van der Waals surface area contributed by atoms with Gasteiger partial charge in [0.05, 0.1) is 20.3 Å². The molecule has 1 N–H and O–H groups in total. The van der Waals surface area contributed by atoms with Crippen LogP contribution in [0.3, 0.4) is 0 Å². The molecule has 186 valence electrons. The number of esters is 1. The minimum atomic E-state index is -0.852. The molecule has 2 aromatic rings. The zero-order valence-electron chi connectivity index (χ0n) is 19.5. The maximum absolute atomic E-state index is 13.9. The van der Waals surface area contributed by atoms with Gasteiger partial charge in [0.25, 0.3) is 5.91 Å². The van der Waals surface area contributed by atoms with Gasteiger partial charge in [-0.1, -0.05) is 19.4 Å². The van der Waals surface area contributed by atoms with E-state index in [1.807, 2.05) is 6.92 Å². The van der Waals surface area contributed by atoms with Gasteiger partial charge >= 0.3 is 5.97 Å². The Bertz CT molecular complexity index is 1070. The first-order valence-electron chi connectivity index (χ1n) is 10.5. The van der Waals surface area contributed by atoms with Crippen LogP contribution in [-0.4, -0.2) is 50.7 Å². The van der Waals surface area contributed by atoms with Gasteiger partial charge in [-0.3, -0.25) is 9.59 Å². The molecule has 1 aromatic carbocycles. The van der Waals surface area contributed by atoms with E-state index in [2.05, 4.69) is 5.32 Å². The van der Waals surface area contributed by atoms with Crippen molar-refractivity contribution in [2.24, 2.45) is 0 Å². The number of amides is 1. The van der Waals surface area contributed by atoms with E-state index in [9.17, 15) is 23.2 Å². The van der Waals surface area contributed by atoms with Crippen LogP contribution in [0, 0.1) is 11.6 Å². The lowest BCUT2D eigenvalue weighted by Crippen LogP contribution is -2.34. The van der Waals surface area contributed by atoms with E-state index in [0.717, 1.165) is 25.8 Å². The van der Waals surface area contributed by atoms with Crippen molar-refractivity contribution >= 4 is 11.9 Å². The number of pyridine rings is 1. The lowest BCUT2D eigenvalue weighted by molar-refractivity contribution is -0.111. The predicted molar refractivity (Wildman–Crippen MR) is 118 cm³/mol. The predicted octanol–water partition coefficient (Wildman–Crippen LogP) is 2.64. The van der Waals surface area contributed by atoms with E-state index in [0.29, 0.717) is 12.5 Å². The molecule has 34 heavy (non-hydrogen) atoms. The first-order chi connectivity index (χ1) is 16.3. The molecule has 1 aromatic heterocycles. The van der Waals surface area contributed by atoms with E-state index in [1.54, 1.807) is 0 Å². The van der Waals surface area contributed by atoms with Gasteiger partial charge in [-0.25, -0.2) is 13.6 Å². The number of nitrogens with one attached hydrogen (secondary N) is 1. The number of hydrogen-bond donors (Lipinski definition) is 1. The largest absolute Gasteiger partial charge is 0.487 e. The highest BCUT2D eigenvalue weighted by molar-refractivity contribution is 5.96. The molecule has 0 bridgehead atoms. The molecule has 1 amide bonds. The van der Waals surface area contributed by atoms with Crippen molar-refractivity contribution in [2.75, 3.05) is 27.9 Å². The smallest absolute Gasteiger partial charge is 0.358 e. The fraction of sp³-hybridized carbons (Fsp3) is 0.435. The average molecular weight is 482 g/mol. The number of halogens is 2. The average Bonchev–Trinajstić information content (AvgIpc) is 2.82. The number of methoxy groups -OCH3 is 3. The lowest BCUT2D eigenvalue weighted by atomic mass is 10.1. The molecule has 2 rings (SSSR count). The fourth-order valence-corrected chi connectivity index (χ4v) is 3.05. The van der Waals surface area contributed by atoms with Crippen molar-refractivity contribution in [3.05, 3.63) is 63.1 Å². The molecule has 0 saturated heterocycles. The van der Waals surface area contributed by atoms with Crippen molar-refractivity contribution in [2.45, 2.75) is 39.1 Å². The minimum absolute atomic E-state index is 0.0273. The van der Waals surface area contributed by atoms with Gasteiger partial charge in [0.2, 0.25) is 5.43 Å². The maximum Gasteiger partial charge on any atom is 0.358 e. The van der Waals surface area contributed by atoms with E-state index in [-0.39, 0.29) is 42.3 Å². The number of carbonyl (C=O) groups excluding carboxylic acids is 2. The lowest BCUT2D eigenvalue weighted by Gasteiger charge is -2.21. The van der Waals surface area contributed by atoms with Gasteiger partial charge in [-0.05, 0) is 12.5 Å². The van der Waals surface area contributed by atoms with Crippen LogP contribution in [0.4, 0.5) is 8.78 Å². The summed E-state index contributed by atoms with van der Waals surface area (Å²) in [5, 5.41) is 2.43. The van der Waals surface area contributed by atoms with Crippen LogP contribution in [0.15, 0.2) is 29.2 Å². The summed E-state index contributed by atoms with van der Waals surface area (Å²) in [6.45, 7) is 1.67. The number of benzene rings is 1. The fourth-order valence-electron chi connectivity index (χ4n) is 3.05. The zero-order valence-corrected chi connectivity index (χ0v) is 19.5. The summed E-state index contributed by atoms with van der Waals surface area (Å²) in [7, 11) is 3.92. The monoisotopic (exact) mass is 482 g/mol. The molecule has 0 saturated carbocycles. The van der Waals surface area contributed by atoms with Crippen LogP contribution < -0.4 is 15.5 Å². The van der Waals surface area contributed by atoms with Crippen LogP contribution in [0.5, 0.6) is 5.75 Å². The highest BCUT2D eigenvalue weighted by Gasteiger charge is 2.27.